The van der Waals surface area contributed by atoms with E-state index in [1.54, 1.807) is 4.90 Å². The normalized spacial score (nSPS) is 26.0. The second-order valence-corrected chi connectivity index (χ2v) is 4.96. The second kappa shape index (κ2) is 6.15. The fourth-order valence-electron chi connectivity index (χ4n) is 2.64. The Balaban J connectivity index is 1.91. The van der Waals surface area contributed by atoms with E-state index < -0.39 is 12.0 Å². The standard InChI is InChI=1S/C12H21N3O3/c16-11(9-14-7-4-13-5-8-14)15-6-2-1-3-10(15)12(17)18/h10,13H,1-9H2,(H,17,18). The molecular formula is C12H21N3O3. The molecule has 0 radical (unpaired) electrons. The number of likely N-dealkylation sites (tertiary alicyclic amines) is 1. The van der Waals surface area contributed by atoms with Crippen LogP contribution in [0.3, 0.4) is 0 Å². The number of carboxylic acid groups (broad SMARTS) is 1. The van der Waals surface area contributed by atoms with Crippen LogP contribution in [0.15, 0.2) is 0 Å². The van der Waals surface area contributed by atoms with Gasteiger partial charge >= 0.3 is 5.97 Å². The Labute approximate surface area is 107 Å². The number of piperazine rings is 1. The number of carbonyl (C=O) groups excluding carboxylic acids is 1. The SMILES string of the molecule is O=C(O)C1CCCCN1C(=O)CN1CCNCC1. The Kier molecular flexibility index (Phi) is 4.54. The lowest BCUT2D eigenvalue weighted by molar-refractivity contribution is -0.152. The largest absolute Gasteiger partial charge is 0.480 e. The number of nitrogens with zero attached hydrogens (tertiary/aromatic N) is 2. The molecule has 0 aromatic carbocycles. The zero-order valence-electron chi connectivity index (χ0n) is 10.6. The van der Waals surface area contributed by atoms with Crippen molar-refractivity contribution in [1.29, 1.82) is 0 Å². The molecule has 1 unspecified atom stereocenters. The van der Waals surface area contributed by atoms with Crippen LogP contribution < -0.4 is 5.32 Å². The van der Waals surface area contributed by atoms with Gasteiger partial charge in [-0.1, -0.05) is 0 Å². The summed E-state index contributed by atoms with van der Waals surface area (Å²) >= 11 is 0. The molecule has 2 rings (SSSR count). The van der Waals surface area contributed by atoms with Crippen LogP contribution >= 0.6 is 0 Å². The van der Waals surface area contributed by atoms with E-state index in [0.717, 1.165) is 39.0 Å². The Morgan fingerprint density at radius 3 is 2.56 bits per heavy atom. The number of carbonyl (C=O) groups is 2. The van der Waals surface area contributed by atoms with Gasteiger partial charge in [-0.2, -0.15) is 0 Å². The minimum atomic E-state index is -0.872. The van der Waals surface area contributed by atoms with Gasteiger partial charge in [0.15, 0.2) is 0 Å². The number of aliphatic carboxylic acids is 1. The highest BCUT2D eigenvalue weighted by Crippen LogP contribution is 2.17. The molecule has 1 atom stereocenters. The van der Waals surface area contributed by atoms with Crippen molar-refractivity contribution in [2.75, 3.05) is 39.3 Å². The third kappa shape index (κ3) is 3.20. The molecule has 2 aliphatic heterocycles. The molecule has 0 aromatic heterocycles. The van der Waals surface area contributed by atoms with Gasteiger partial charge in [0.2, 0.25) is 5.91 Å². The third-order valence-corrected chi connectivity index (χ3v) is 3.68. The predicted molar refractivity (Wildman–Crippen MR) is 66.3 cm³/mol. The van der Waals surface area contributed by atoms with Crippen molar-refractivity contribution in [2.24, 2.45) is 0 Å². The summed E-state index contributed by atoms with van der Waals surface area (Å²) in [6.07, 6.45) is 2.40. The van der Waals surface area contributed by atoms with Crippen LogP contribution in [0.5, 0.6) is 0 Å². The van der Waals surface area contributed by atoms with E-state index in [-0.39, 0.29) is 5.91 Å². The van der Waals surface area contributed by atoms with Gasteiger partial charge in [0.25, 0.3) is 0 Å². The summed E-state index contributed by atoms with van der Waals surface area (Å²) < 4.78 is 0. The highest BCUT2D eigenvalue weighted by atomic mass is 16.4. The number of nitrogens with one attached hydrogen (secondary N) is 1. The fourth-order valence-corrected chi connectivity index (χ4v) is 2.64. The highest BCUT2D eigenvalue weighted by molar-refractivity contribution is 5.85. The van der Waals surface area contributed by atoms with Gasteiger partial charge in [-0.05, 0) is 19.3 Å². The minimum Gasteiger partial charge on any atom is -0.480 e. The topological polar surface area (TPSA) is 72.9 Å². The summed E-state index contributed by atoms with van der Waals surface area (Å²) in [6.45, 7) is 4.45. The average Bonchev–Trinajstić information content (AvgIpc) is 2.40. The summed E-state index contributed by atoms with van der Waals surface area (Å²) in [6, 6.07) is -0.617. The quantitative estimate of drug-likeness (QED) is 0.701. The van der Waals surface area contributed by atoms with Crippen LogP contribution in [-0.4, -0.2) is 72.1 Å². The average molecular weight is 255 g/mol. The third-order valence-electron chi connectivity index (χ3n) is 3.68. The monoisotopic (exact) mass is 255 g/mol. The maximum absolute atomic E-state index is 12.2. The molecule has 6 nitrogen and oxygen atoms in total. The molecule has 2 heterocycles. The molecular weight excluding hydrogens is 234 g/mol. The molecule has 2 aliphatic rings. The molecule has 0 spiro atoms. The smallest absolute Gasteiger partial charge is 0.326 e. The molecule has 1 amide bonds. The van der Waals surface area contributed by atoms with Crippen molar-refractivity contribution in [3.8, 4) is 0 Å². The number of amides is 1. The molecule has 2 fully saturated rings. The van der Waals surface area contributed by atoms with Crippen LogP contribution in [-0.2, 0) is 9.59 Å². The predicted octanol–water partition coefficient (Wildman–Crippen LogP) is -0.643. The number of carboxylic acids is 1. The molecule has 0 saturated carbocycles. The first-order valence-corrected chi connectivity index (χ1v) is 6.64. The maximum Gasteiger partial charge on any atom is 0.326 e. The number of rotatable bonds is 3. The zero-order valence-corrected chi connectivity index (χ0v) is 10.6. The van der Waals surface area contributed by atoms with Gasteiger partial charge in [0.1, 0.15) is 6.04 Å². The lowest BCUT2D eigenvalue weighted by Gasteiger charge is -2.35. The van der Waals surface area contributed by atoms with Gasteiger partial charge in [0.05, 0.1) is 6.54 Å². The fraction of sp³-hybridized carbons (Fsp3) is 0.833. The highest BCUT2D eigenvalue weighted by Gasteiger charge is 2.32. The van der Waals surface area contributed by atoms with Crippen LogP contribution in [0.4, 0.5) is 0 Å². The van der Waals surface area contributed by atoms with Gasteiger partial charge in [-0.25, -0.2) is 4.79 Å². The first-order valence-electron chi connectivity index (χ1n) is 6.64. The first-order chi connectivity index (χ1) is 8.68. The van der Waals surface area contributed by atoms with Gasteiger partial charge in [-0.3, -0.25) is 9.69 Å². The lowest BCUT2D eigenvalue weighted by atomic mass is 10.0. The van der Waals surface area contributed by atoms with E-state index in [0.29, 0.717) is 19.5 Å². The lowest BCUT2D eigenvalue weighted by Crippen LogP contribution is -2.53. The van der Waals surface area contributed by atoms with Gasteiger partial charge in [-0.15, -0.1) is 0 Å². The van der Waals surface area contributed by atoms with Crippen molar-refractivity contribution < 1.29 is 14.7 Å². The zero-order chi connectivity index (χ0) is 13.0. The van der Waals surface area contributed by atoms with E-state index in [4.69, 9.17) is 5.11 Å². The minimum absolute atomic E-state index is 0.0380. The molecule has 18 heavy (non-hydrogen) atoms. The Hall–Kier alpha value is -1.14. The summed E-state index contributed by atoms with van der Waals surface area (Å²) in [5, 5.41) is 12.4. The van der Waals surface area contributed by atoms with E-state index in [2.05, 4.69) is 10.2 Å². The molecule has 102 valence electrons. The van der Waals surface area contributed by atoms with E-state index >= 15 is 0 Å². The summed E-state index contributed by atoms with van der Waals surface area (Å²) in [5.41, 5.74) is 0. The van der Waals surface area contributed by atoms with Crippen molar-refractivity contribution in [3.05, 3.63) is 0 Å². The Morgan fingerprint density at radius 2 is 1.89 bits per heavy atom. The van der Waals surface area contributed by atoms with Crippen molar-refractivity contribution >= 4 is 11.9 Å². The van der Waals surface area contributed by atoms with Crippen LogP contribution in [0.25, 0.3) is 0 Å². The van der Waals surface area contributed by atoms with E-state index in [1.165, 1.54) is 0 Å². The molecule has 0 aliphatic carbocycles. The summed E-state index contributed by atoms with van der Waals surface area (Å²) in [5.74, 6) is -0.910. The van der Waals surface area contributed by atoms with Crippen LogP contribution in [0.2, 0.25) is 0 Å². The van der Waals surface area contributed by atoms with Crippen LogP contribution in [0.1, 0.15) is 19.3 Å². The molecule has 0 aromatic rings. The van der Waals surface area contributed by atoms with Gasteiger partial charge in [0, 0.05) is 32.7 Å². The molecule has 2 saturated heterocycles. The first kappa shape index (κ1) is 13.3. The number of piperidine rings is 1. The summed E-state index contributed by atoms with van der Waals surface area (Å²) in [7, 11) is 0. The second-order valence-electron chi connectivity index (χ2n) is 4.96. The van der Waals surface area contributed by atoms with Crippen molar-refractivity contribution in [1.82, 2.24) is 15.1 Å². The van der Waals surface area contributed by atoms with Gasteiger partial charge < -0.3 is 15.3 Å². The number of hydrogen-bond acceptors (Lipinski definition) is 4. The van der Waals surface area contributed by atoms with Crippen LogP contribution in [0, 0.1) is 0 Å². The molecule has 6 heteroatoms. The Bertz CT molecular complexity index is 316. The Morgan fingerprint density at radius 1 is 1.17 bits per heavy atom. The van der Waals surface area contributed by atoms with Crippen molar-refractivity contribution in [2.45, 2.75) is 25.3 Å². The molecule has 2 N–H and O–H groups in total. The number of hydrogen-bond donors (Lipinski definition) is 2. The summed E-state index contributed by atoms with van der Waals surface area (Å²) in [4.78, 5) is 27.0. The molecule has 0 bridgehead atoms. The van der Waals surface area contributed by atoms with E-state index in [1.807, 2.05) is 0 Å². The maximum atomic E-state index is 12.2. The van der Waals surface area contributed by atoms with E-state index in [9.17, 15) is 9.59 Å². The van der Waals surface area contributed by atoms with Crippen molar-refractivity contribution in [3.63, 3.8) is 0 Å².